The first-order valence-corrected chi connectivity index (χ1v) is 13.9. The molecule has 0 aliphatic carbocycles. The fourth-order valence-corrected chi connectivity index (χ4v) is 6.50. The predicted octanol–water partition coefficient (Wildman–Crippen LogP) is 6.55. The summed E-state index contributed by atoms with van der Waals surface area (Å²) < 4.78 is 6.80. The van der Waals surface area contributed by atoms with Gasteiger partial charge in [0.05, 0.1) is 6.04 Å². The molecule has 5 rings (SSSR count). The Kier molecular flexibility index (Phi) is 7.33. The molecule has 2 aliphatic rings. The van der Waals surface area contributed by atoms with E-state index in [1.807, 2.05) is 0 Å². The maximum absolute atomic E-state index is 6.80. The molecule has 1 fully saturated rings. The highest BCUT2D eigenvalue weighted by atomic mass is 16.5. The van der Waals surface area contributed by atoms with Gasteiger partial charge in [-0.3, -0.25) is 4.90 Å². The molecular formula is C33H43N3O. The summed E-state index contributed by atoms with van der Waals surface area (Å²) in [6.07, 6.45) is 3.21. The minimum absolute atomic E-state index is 0.214. The molecule has 0 bridgehead atoms. The van der Waals surface area contributed by atoms with E-state index in [9.17, 15) is 0 Å². The first-order valence-electron chi connectivity index (χ1n) is 13.9. The van der Waals surface area contributed by atoms with Gasteiger partial charge in [-0.15, -0.1) is 0 Å². The summed E-state index contributed by atoms with van der Waals surface area (Å²) in [5, 5.41) is 3.99. The van der Waals surface area contributed by atoms with E-state index >= 15 is 0 Å². The van der Waals surface area contributed by atoms with Gasteiger partial charge in [0.1, 0.15) is 11.4 Å². The van der Waals surface area contributed by atoms with E-state index in [4.69, 9.17) is 10.5 Å². The largest absolute Gasteiger partial charge is 0.485 e. The maximum atomic E-state index is 6.80. The van der Waals surface area contributed by atoms with E-state index in [0.29, 0.717) is 12.0 Å². The number of hydrogen-bond acceptors (Lipinski definition) is 4. The summed E-state index contributed by atoms with van der Waals surface area (Å²) in [5.41, 5.74) is 14.9. The molecule has 1 saturated heterocycles. The van der Waals surface area contributed by atoms with E-state index in [1.165, 1.54) is 33.4 Å². The molecule has 0 amide bonds. The molecule has 4 nitrogen and oxygen atoms in total. The molecule has 3 aromatic carbocycles. The van der Waals surface area contributed by atoms with E-state index in [0.717, 1.165) is 50.3 Å². The lowest BCUT2D eigenvalue weighted by molar-refractivity contribution is 0.0498. The highest BCUT2D eigenvalue weighted by Crippen LogP contribution is 2.47. The number of nitrogens with one attached hydrogen (secondary N) is 1. The summed E-state index contributed by atoms with van der Waals surface area (Å²) in [5.74, 6) is 1.50. The summed E-state index contributed by atoms with van der Waals surface area (Å²) >= 11 is 0. The van der Waals surface area contributed by atoms with Crippen LogP contribution in [0.15, 0.2) is 60.7 Å². The molecular weight excluding hydrogens is 454 g/mol. The topological polar surface area (TPSA) is 50.5 Å². The number of benzene rings is 3. The molecule has 0 aromatic heterocycles. The summed E-state index contributed by atoms with van der Waals surface area (Å²) in [7, 11) is 0. The molecule has 196 valence electrons. The number of nitrogen functional groups attached to an aromatic ring is 1. The highest BCUT2D eigenvalue weighted by Gasteiger charge is 2.40. The van der Waals surface area contributed by atoms with Gasteiger partial charge >= 0.3 is 0 Å². The standard InChI is InChI=1S/C33H43N3O/c1-22(2)29-24(4)30(34)23(3)28-20-33(5,37-32(28)29)21-36-18-16-27(17-19-36)35-31(25-12-8-6-9-13-25)26-14-10-7-11-15-26/h6-15,22,27,31,35H,16-21,34H2,1-5H3. The molecule has 1 atom stereocenters. The van der Waals surface area contributed by atoms with Crippen LogP contribution >= 0.6 is 0 Å². The zero-order valence-electron chi connectivity index (χ0n) is 23.2. The van der Waals surface area contributed by atoms with Crippen molar-refractivity contribution in [3.8, 4) is 5.75 Å². The number of fused-ring (bicyclic) bond motifs is 1. The lowest BCUT2D eigenvalue weighted by Gasteiger charge is -2.38. The van der Waals surface area contributed by atoms with Crippen LogP contribution in [0.2, 0.25) is 0 Å². The van der Waals surface area contributed by atoms with Gasteiger partial charge < -0.3 is 15.8 Å². The van der Waals surface area contributed by atoms with Crippen molar-refractivity contribution in [2.75, 3.05) is 25.4 Å². The number of piperidine rings is 1. The lowest BCUT2D eigenvalue weighted by atomic mass is 9.87. The normalized spacial score (nSPS) is 20.4. The second-order valence-electron chi connectivity index (χ2n) is 11.7. The van der Waals surface area contributed by atoms with Gasteiger partial charge in [0.2, 0.25) is 0 Å². The molecule has 0 radical (unpaired) electrons. The lowest BCUT2D eigenvalue weighted by Crippen LogP contribution is -2.50. The first-order chi connectivity index (χ1) is 17.8. The SMILES string of the molecule is Cc1c(N)c(C)c(C(C)C)c2c1CC(C)(CN1CCC(NC(c3ccccc3)c3ccccc3)CC1)O2. The van der Waals surface area contributed by atoms with Crippen molar-refractivity contribution in [2.24, 2.45) is 0 Å². The van der Waals surface area contributed by atoms with Crippen LogP contribution in [0.4, 0.5) is 5.69 Å². The number of anilines is 1. The molecule has 2 heterocycles. The van der Waals surface area contributed by atoms with Crippen molar-refractivity contribution in [1.29, 1.82) is 0 Å². The monoisotopic (exact) mass is 497 g/mol. The molecule has 3 aromatic rings. The third kappa shape index (κ3) is 5.28. The molecule has 3 N–H and O–H groups in total. The number of nitrogens with zero attached hydrogens (tertiary/aromatic N) is 1. The Bertz CT molecular complexity index is 1180. The first kappa shape index (κ1) is 25.8. The average molecular weight is 498 g/mol. The van der Waals surface area contributed by atoms with Gasteiger partial charge in [-0.2, -0.15) is 0 Å². The fraction of sp³-hybridized carbons (Fsp3) is 0.455. The highest BCUT2D eigenvalue weighted by molar-refractivity contribution is 5.67. The van der Waals surface area contributed by atoms with Crippen molar-refractivity contribution < 1.29 is 4.74 Å². The van der Waals surface area contributed by atoms with Crippen LogP contribution in [0.5, 0.6) is 5.75 Å². The number of likely N-dealkylation sites (tertiary alicyclic amines) is 1. The molecule has 1 unspecified atom stereocenters. The molecule has 0 spiro atoms. The zero-order valence-corrected chi connectivity index (χ0v) is 23.2. The zero-order chi connectivity index (χ0) is 26.2. The molecule has 2 aliphatic heterocycles. The number of ether oxygens (including phenoxy) is 1. The molecule has 0 saturated carbocycles. The Morgan fingerprint density at radius 2 is 1.51 bits per heavy atom. The van der Waals surface area contributed by atoms with Crippen molar-refractivity contribution in [1.82, 2.24) is 10.2 Å². The quantitative estimate of drug-likeness (QED) is 0.364. The van der Waals surface area contributed by atoms with Crippen molar-refractivity contribution in [3.63, 3.8) is 0 Å². The Hall–Kier alpha value is -2.82. The van der Waals surface area contributed by atoms with Gasteiger partial charge in [-0.1, -0.05) is 74.5 Å². The van der Waals surface area contributed by atoms with Gasteiger partial charge in [0.15, 0.2) is 0 Å². The van der Waals surface area contributed by atoms with Crippen LogP contribution < -0.4 is 15.8 Å². The smallest absolute Gasteiger partial charge is 0.127 e. The van der Waals surface area contributed by atoms with Crippen LogP contribution in [0, 0.1) is 13.8 Å². The van der Waals surface area contributed by atoms with Gasteiger partial charge in [-0.25, -0.2) is 0 Å². The average Bonchev–Trinajstić information content (AvgIpc) is 3.24. The van der Waals surface area contributed by atoms with Gasteiger partial charge in [0.25, 0.3) is 0 Å². The van der Waals surface area contributed by atoms with Crippen LogP contribution in [0.1, 0.15) is 79.0 Å². The van der Waals surface area contributed by atoms with Gasteiger partial charge in [0, 0.05) is 35.8 Å². The van der Waals surface area contributed by atoms with Crippen molar-refractivity contribution in [3.05, 3.63) is 94.0 Å². The number of nitrogens with two attached hydrogens (primary N) is 1. The fourth-order valence-electron chi connectivity index (χ4n) is 6.50. The summed E-state index contributed by atoms with van der Waals surface area (Å²) in [4.78, 5) is 2.60. The van der Waals surface area contributed by atoms with Crippen LogP contribution in [0.25, 0.3) is 0 Å². The van der Waals surface area contributed by atoms with Gasteiger partial charge in [-0.05, 0) is 74.9 Å². The predicted molar refractivity (Wildman–Crippen MR) is 154 cm³/mol. The van der Waals surface area contributed by atoms with Crippen LogP contribution in [-0.4, -0.2) is 36.2 Å². The van der Waals surface area contributed by atoms with Crippen LogP contribution in [0.3, 0.4) is 0 Å². The van der Waals surface area contributed by atoms with E-state index < -0.39 is 0 Å². The maximum Gasteiger partial charge on any atom is 0.127 e. The third-order valence-corrected chi connectivity index (χ3v) is 8.47. The third-order valence-electron chi connectivity index (χ3n) is 8.47. The Morgan fingerprint density at radius 3 is 2.05 bits per heavy atom. The second-order valence-corrected chi connectivity index (χ2v) is 11.7. The minimum Gasteiger partial charge on any atom is -0.485 e. The minimum atomic E-state index is -0.214. The number of rotatable bonds is 7. The Morgan fingerprint density at radius 1 is 0.946 bits per heavy atom. The van der Waals surface area contributed by atoms with Crippen molar-refractivity contribution in [2.45, 2.75) is 77.5 Å². The Labute approximate surface area is 223 Å². The van der Waals surface area contributed by atoms with Crippen LogP contribution in [-0.2, 0) is 6.42 Å². The summed E-state index contributed by atoms with van der Waals surface area (Å²) in [6, 6.07) is 22.4. The van der Waals surface area contributed by atoms with E-state index in [2.05, 4.69) is 105 Å². The summed E-state index contributed by atoms with van der Waals surface area (Å²) in [6.45, 7) is 14.2. The molecule has 4 heteroatoms. The van der Waals surface area contributed by atoms with E-state index in [-0.39, 0.29) is 11.6 Å². The number of hydrogen-bond donors (Lipinski definition) is 2. The van der Waals surface area contributed by atoms with Crippen molar-refractivity contribution >= 4 is 5.69 Å². The Balaban J connectivity index is 1.25. The second kappa shape index (κ2) is 10.5. The molecule has 37 heavy (non-hydrogen) atoms. The van der Waals surface area contributed by atoms with E-state index in [1.54, 1.807) is 0 Å².